The van der Waals surface area contributed by atoms with Crippen LogP contribution in [0.4, 0.5) is 0 Å². The normalized spacial score (nSPS) is 9.50. The number of hydrogen-bond acceptors (Lipinski definition) is 3. The molecule has 86 valence electrons. The van der Waals surface area contributed by atoms with Crippen LogP contribution in [0.15, 0.2) is 52.3 Å². The predicted octanol–water partition coefficient (Wildman–Crippen LogP) is 3.89. The summed E-state index contributed by atoms with van der Waals surface area (Å²) in [5.74, 6) is 0. The average Bonchev–Trinajstić information content (AvgIpc) is 2.41. The fourth-order valence-electron chi connectivity index (χ4n) is 1.56. The molecule has 2 aromatic rings. The Hall–Kier alpha value is -2.23. The van der Waals surface area contributed by atoms with E-state index < -0.39 is 0 Å². The Morgan fingerprint density at radius 3 is 2.28 bits per heavy atom. The Bertz CT molecular complexity index is 646. The lowest BCUT2D eigenvalue weighted by Crippen LogP contribution is -1.87. The highest BCUT2D eigenvalue weighted by molar-refractivity contribution is 7.99. The van der Waals surface area contributed by atoms with Crippen molar-refractivity contribution in [1.29, 1.82) is 10.5 Å². The van der Waals surface area contributed by atoms with Crippen LogP contribution in [0.25, 0.3) is 0 Å². The summed E-state index contributed by atoms with van der Waals surface area (Å²) in [5.41, 5.74) is 2.07. The number of hydrogen-bond donors (Lipinski definition) is 0. The topological polar surface area (TPSA) is 47.6 Å². The summed E-state index contributed by atoms with van der Waals surface area (Å²) in [6.07, 6.45) is 0. The number of benzene rings is 2. The quantitative estimate of drug-likeness (QED) is 0.812. The second kappa shape index (κ2) is 5.40. The molecular weight excluding hydrogens is 240 g/mol. The maximum Gasteiger partial charge on any atom is 0.102 e. The average molecular weight is 250 g/mol. The summed E-state index contributed by atoms with van der Waals surface area (Å²) in [5, 5.41) is 18.1. The second-order valence-corrected chi connectivity index (χ2v) is 4.93. The van der Waals surface area contributed by atoms with Crippen molar-refractivity contribution in [1.82, 2.24) is 0 Å². The van der Waals surface area contributed by atoms with Crippen molar-refractivity contribution in [2.45, 2.75) is 16.7 Å². The SMILES string of the molecule is Cc1ccc(Sc2cccc(C#N)c2C#N)cc1. The summed E-state index contributed by atoms with van der Waals surface area (Å²) in [6, 6.07) is 17.6. The molecule has 3 heteroatoms. The molecule has 0 unspecified atom stereocenters. The Balaban J connectivity index is 2.38. The summed E-state index contributed by atoms with van der Waals surface area (Å²) in [6.45, 7) is 2.03. The maximum atomic E-state index is 9.14. The van der Waals surface area contributed by atoms with Crippen molar-refractivity contribution in [2.24, 2.45) is 0 Å². The van der Waals surface area contributed by atoms with Gasteiger partial charge in [-0.3, -0.25) is 0 Å². The summed E-state index contributed by atoms with van der Waals surface area (Å²) >= 11 is 1.50. The first kappa shape index (κ1) is 12.2. The zero-order chi connectivity index (χ0) is 13.0. The van der Waals surface area contributed by atoms with Crippen LogP contribution in [0, 0.1) is 29.6 Å². The fraction of sp³-hybridized carbons (Fsp3) is 0.0667. The van der Waals surface area contributed by atoms with E-state index in [0.717, 1.165) is 9.79 Å². The van der Waals surface area contributed by atoms with Gasteiger partial charge in [-0.15, -0.1) is 0 Å². The highest BCUT2D eigenvalue weighted by Crippen LogP contribution is 2.31. The van der Waals surface area contributed by atoms with E-state index in [1.165, 1.54) is 17.3 Å². The lowest BCUT2D eigenvalue weighted by Gasteiger charge is -2.05. The van der Waals surface area contributed by atoms with Gasteiger partial charge in [-0.25, -0.2) is 0 Å². The van der Waals surface area contributed by atoms with Crippen molar-refractivity contribution in [3.8, 4) is 12.1 Å². The Labute approximate surface area is 110 Å². The predicted molar refractivity (Wildman–Crippen MR) is 71.2 cm³/mol. The molecule has 0 aliphatic heterocycles. The Morgan fingerprint density at radius 1 is 0.944 bits per heavy atom. The molecule has 0 saturated heterocycles. The molecule has 0 spiro atoms. The van der Waals surface area contributed by atoms with Gasteiger partial charge in [-0.05, 0) is 31.2 Å². The molecule has 0 aromatic heterocycles. The van der Waals surface area contributed by atoms with E-state index in [4.69, 9.17) is 10.5 Å². The van der Waals surface area contributed by atoms with E-state index in [2.05, 4.69) is 6.07 Å². The number of rotatable bonds is 2. The molecule has 0 radical (unpaired) electrons. The lowest BCUT2D eigenvalue weighted by molar-refractivity contribution is 1.31. The highest BCUT2D eigenvalue weighted by atomic mass is 32.2. The molecule has 0 saturated carbocycles. The standard InChI is InChI=1S/C15H10N2S/c1-11-5-7-13(8-6-11)18-15-4-2-3-12(9-16)14(15)10-17/h2-8H,1H3. The number of nitriles is 2. The molecule has 2 nitrogen and oxygen atoms in total. The van der Waals surface area contributed by atoms with E-state index in [1.54, 1.807) is 12.1 Å². The highest BCUT2D eigenvalue weighted by Gasteiger charge is 2.08. The van der Waals surface area contributed by atoms with Crippen LogP contribution in [0.2, 0.25) is 0 Å². The van der Waals surface area contributed by atoms with Crippen molar-refractivity contribution < 1.29 is 0 Å². The van der Waals surface area contributed by atoms with Gasteiger partial charge in [0.1, 0.15) is 12.1 Å². The lowest BCUT2D eigenvalue weighted by atomic mass is 10.1. The summed E-state index contributed by atoms with van der Waals surface area (Å²) < 4.78 is 0. The van der Waals surface area contributed by atoms with Gasteiger partial charge in [0, 0.05) is 9.79 Å². The molecular formula is C15H10N2S. The molecule has 0 atom stereocenters. The monoisotopic (exact) mass is 250 g/mol. The number of aryl methyl sites for hydroxylation is 1. The largest absolute Gasteiger partial charge is 0.192 e. The van der Waals surface area contributed by atoms with Crippen LogP contribution in [-0.4, -0.2) is 0 Å². The Kier molecular flexibility index (Phi) is 3.67. The van der Waals surface area contributed by atoms with Gasteiger partial charge in [0.05, 0.1) is 11.1 Å². The summed E-state index contributed by atoms with van der Waals surface area (Å²) in [4.78, 5) is 1.88. The van der Waals surface area contributed by atoms with E-state index in [1.807, 2.05) is 43.3 Å². The summed E-state index contributed by atoms with van der Waals surface area (Å²) in [7, 11) is 0. The van der Waals surface area contributed by atoms with Gasteiger partial charge in [0.25, 0.3) is 0 Å². The van der Waals surface area contributed by atoms with Crippen molar-refractivity contribution >= 4 is 11.8 Å². The Morgan fingerprint density at radius 2 is 1.67 bits per heavy atom. The molecule has 0 fully saturated rings. The molecule has 2 aromatic carbocycles. The first-order chi connectivity index (χ1) is 8.74. The van der Waals surface area contributed by atoms with E-state index >= 15 is 0 Å². The van der Waals surface area contributed by atoms with E-state index in [-0.39, 0.29) is 0 Å². The minimum atomic E-state index is 0.426. The zero-order valence-electron chi connectivity index (χ0n) is 9.84. The van der Waals surface area contributed by atoms with Crippen LogP contribution in [0.5, 0.6) is 0 Å². The first-order valence-corrected chi connectivity index (χ1v) is 6.24. The van der Waals surface area contributed by atoms with E-state index in [9.17, 15) is 0 Å². The molecule has 18 heavy (non-hydrogen) atoms. The van der Waals surface area contributed by atoms with Crippen LogP contribution < -0.4 is 0 Å². The molecule has 0 bridgehead atoms. The third kappa shape index (κ3) is 2.53. The molecule has 0 aliphatic carbocycles. The van der Waals surface area contributed by atoms with Gasteiger partial charge >= 0.3 is 0 Å². The van der Waals surface area contributed by atoms with E-state index in [0.29, 0.717) is 11.1 Å². The van der Waals surface area contributed by atoms with Gasteiger partial charge in [-0.1, -0.05) is 35.5 Å². The van der Waals surface area contributed by atoms with Crippen molar-refractivity contribution in [3.63, 3.8) is 0 Å². The second-order valence-electron chi connectivity index (χ2n) is 3.82. The fourth-order valence-corrected chi connectivity index (χ4v) is 2.49. The number of nitrogens with zero attached hydrogens (tertiary/aromatic N) is 2. The van der Waals surface area contributed by atoms with Gasteiger partial charge in [-0.2, -0.15) is 10.5 Å². The van der Waals surface area contributed by atoms with Crippen LogP contribution >= 0.6 is 11.8 Å². The minimum Gasteiger partial charge on any atom is -0.192 e. The molecule has 2 rings (SSSR count). The van der Waals surface area contributed by atoms with Crippen LogP contribution in [0.1, 0.15) is 16.7 Å². The van der Waals surface area contributed by atoms with Gasteiger partial charge < -0.3 is 0 Å². The van der Waals surface area contributed by atoms with Crippen LogP contribution in [-0.2, 0) is 0 Å². The van der Waals surface area contributed by atoms with Crippen molar-refractivity contribution in [2.75, 3.05) is 0 Å². The smallest absolute Gasteiger partial charge is 0.102 e. The molecule has 0 amide bonds. The maximum absolute atomic E-state index is 9.14. The minimum absolute atomic E-state index is 0.426. The molecule has 0 heterocycles. The third-order valence-corrected chi connectivity index (χ3v) is 3.58. The van der Waals surface area contributed by atoms with Gasteiger partial charge in [0.15, 0.2) is 0 Å². The van der Waals surface area contributed by atoms with Crippen LogP contribution in [0.3, 0.4) is 0 Å². The van der Waals surface area contributed by atoms with Crippen molar-refractivity contribution in [3.05, 3.63) is 59.2 Å². The first-order valence-electron chi connectivity index (χ1n) is 5.42. The zero-order valence-corrected chi connectivity index (χ0v) is 10.7. The molecule has 0 N–H and O–H groups in total. The third-order valence-electron chi connectivity index (χ3n) is 2.51. The van der Waals surface area contributed by atoms with Gasteiger partial charge in [0.2, 0.25) is 0 Å². The molecule has 0 aliphatic rings.